The topological polar surface area (TPSA) is 288 Å². The number of esters is 2. The van der Waals surface area contributed by atoms with Gasteiger partial charge in [-0.3, -0.25) is 19.2 Å². The number of ether oxygens (including phenoxy) is 5. The summed E-state index contributed by atoms with van der Waals surface area (Å²) < 4.78 is 27.6. The van der Waals surface area contributed by atoms with E-state index in [-0.39, 0.29) is 71.7 Å². The van der Waals surface area contributed by atoms with Gasteiger partial charge in [-0.2, -0.15) is 0 Å². The van der Waals surface area contributed by atoms with Crippen LogP contribution in [0.2, 0.25) is 0 Å². The van der Waals surface area contributed by atoms with Gasteiger partial charge >= 0.3 is 35.8 Å². The largest absolute Gasteiger partial charge is 0.490 e. The number of carboxylic acid groups (broad SMARTS) is 4. The van der Waals surface area contributed by atoms with Crippen LogP contribution in [0.1, 0.15) is 54.3 Å². The smallest absolute Gasteiger partial charge is 0.343 e. The van der Waals surface area contributed by atoms with Gasteiger partial charge in [-0.15, -0.1) is 0 Å². The van der Waals surface area contributed by atoms with E-state index in [0.717, 1.165) is 12.1 Å². The summed E-state index contributed by atoms with van der Waals surface area (Å²) in [6, 6.07) is 19.6. The Morgan fingerprint density at radius 2 is 0.864 bits per heavy atom. The molecule has 0 fully saturated rings. The first-order chi connectivity index (χ1) is 28.2. The van der Waals surface area contributed by atoms with Crippen LogP contribution in [0.5, 0.6) is 23.0 Å². The van der Waals surface area contributed by atoms with Crippen LogP contribution in [0.3, 0.4) is 0 Å². The Labute approximate surface area is 334 Å². The van der Waals surface area contributed by atoms with Gasteiger partial charge in [-0.1, -0.05) is 36.4 Å². The minimum absolute atomic E-state index is 0.104. The maximum absolute atomic E-state index is 13.2. The van der Waals surface area contributed by atoms with Gasteiger partial charge in [0.1, 0.15) is 48.3 Å². The summed E-state index contributed by atoms with van der Waals surface area (Å²) in [5.41, 5.74) is -0.174. The lowest BCUT2D eigenvalue weighted by molar-refractivity contribution is -0.145. The zero-order valence-electron chi connectivity index (χ0n) is 30.7. The summed E-state index contributed by atoms with van der Waals surface area (Å²) in [5.74, 6) is -10.2. The van der Waals surface area contributed by atoms with Crippen LogP contribution in [-0.4, -0.2) is 107 Å². The molecule has 0 aliphatic carbocycles. The molecule has 0 saturated heterocycles. The van der Waals surface area contributed by atoms with E-state index in [4.69, 9.17) is 33.9 Å². The molecule has 0 aliphatic heterocycles. The van der Waals surface area contributed by atoms with Crippen molar-refractivity contribution >= 4 is 47.6 Å². The maximum Gasteiger partial charge on any atom is 0.343 e. The van der Waals surface area contributed by atoms with Crippen molar-refractivity contribution in [2.24, 2.45) is 0 Å². The zero-order valence-corrected chi connectivity index (χ0v) is 30.7. The fourth-order valence-electron chi connectivity index (χ4n) is 4.98. The highest BCUT2D eigenvalue weighted by molar-refractivity contribution is 6.01. The first-order valence-electron chi connectivity index (χ1n) is 17.4. The minimum atomic E-state index is -1.80. The van der Waals surface area contributed by atoms with Gasteiger partial charge in [-0.25, -0.2) is 19.2 Å². The number of hydrogen-bond donors (Lipinski definition) is 6. The van der Waals surface area contributed by atoms with E-state index >= 15 is 0 Å². The number of nitrogens with one attached hydrogen (secondary N) is 2. The van der Waals surface area contributed by atoms with Gasteiger partial charge in [0, 0.05) is 0 Å². The van der Waals surface area contributed by atoms with Crippen LogP contribution < -0.4 is 29.6 Å². The molecular weight excluding hydrogens is 780 g/mol. The second kappa shape index (κ2) is 21.5. The average molecular weight is 817 g/mol. The van der Waals surface area contributed by atoms with Crippen molar-refractivity contribution in [3.63, 3.8) is 0 Å². The Morgan fingerprint density at radius 3 is 1.20 bits per heavy atom. The Hall–Kier alpha value is -7.80. The molecule has 4 aromatic carbocycles. The minimum Gasteiger partial charge on any atom is -0.490 e. The standard InChI is InChI=1S/C40H36N2O17/c43-33(44)21-29(37(49)50)41-35(47)27-19-25(58-39(53)23-7-3-1-4-8-23)11-13-31(27)56-17-15-55-16-18-57-32-14-12-26(59-40(54)24-9-5-2-6-10-24)20-28(32)36(48)42-30(38(51)52)22-34(45)46/h1-14,19-20,29-30H,15-18,21-22H2,(H,41,47)(H,42,48)(H,43,44)(H,45,46)(H,49,50)(H,51,52)/t29-,30?/m1/s1. The highest BCUT2D eigenvalue weighted by Crippen LogP contribution is 2.27. The summed E-state index contributed by atoms with van der Waals surface area (Å²) in [4.78, 5) is 97.2. The summed E-state index contributed by atoms with van der Waals surface area (Å²) in [6.45, 7) is -0.640. The number of carbonyl (C=O) groups is 8. The van der Waals surface area contributed by atoms with Crippen LogP contribution in [0, 0.1) is 0 Å². The normalized spacial score (nSPS) is 11.5. The van der Waals surface area contributed by atoms with E-state index in [2.05, 4.69) is 10.6 Å². The van der Waals surface area contributed by atoms with Gasteiger partial charge in [0.15, 0.2) is 0 Å². The van der Waals surface area contributed by atoms with Crippen molar-refractivity contribution in [3.05, 3.63) is 119 Å². The number of aliphatic carboxylic acids is 4. The molecule has 4 aromatic rings. The number of benzene rings is 4. The monoisotopic (exact) mass is 816 g/mol. The molecule has 2 atom stereocenters. The van der Waals surface area contributed by atoms with Crippen molar-refractivity contribution in [1.82, 2.24) is 10.6 Å². The summed E-state index contributed by atoms with van der Waals surface area (Å²) >= 11 is 0. The molecule has 19 heteroatoms. The van der Waals surface area contributed by atoms with Crippen molar-refractivity contribution < 1.29 is 82.5 Å². The summed E-state index contributed by atoms with van der Waals surface area (Å²) in [6.07, 6.45) is -1.86. The number of amides is 2. The molecule has 1 unspecified atom stereocenters. The second-order valence-electron chi connectivity index (χ2n) is 12.1. The molecular formula is C40H36N2O17. The third-order valence-corrected chi connectivity index (χ3v) is 7.77. The van der Waals surface area contributed by atoms with Crippen molar-refractivity contribution in [1.29, 1.82) is 0 Å². The lowest BCUT2D eigenvalue weighted by Gasteiger charge is -2.17. The predicted octanol–water partition coefficient (Wildman–Crippen LogP) is 2.91. The molecule has 0 saturated carbocycles. The maximum atomic E-state index is 13.2. The second-order valence-corrected chi connectivity index (χ2v) is 12.1. The van der Waals surface area contributed by atoms with Gasteiger partial charge < -0.3 is 54.7 Å². The molecule has 6 N–H and O–H groups in total. The van der Waals surface area contributed by atoms with Crippen LogP contribution in [-0.2, 0) is 23.9 Å². The van der Waals surface area contributed by atoms with Crippen LogP contribution in [0.15, 0.2) is 97.1 Å². The Morgan fingerprint density at radius 1 is 0.492 bits per heavy atom. The van der Waals surface area contributed by atoms with Crippen LogP contribution in [0.4, 0.5) is 0 Å². The molecule has 0 aliphatic rings. The third-order valence-electron chi connectivity index (χ3n) is 7.77. The van der Waals surface area contributed by atoms with Crippen molar-refractivity contribution in [2.75, 3.05) is 26.4 Å². The Kier molecular flexibility index (Phi) is 16.0. The van der Waals surface area contributed by atoms with Crippen LogP contribution in [0.25, 0.3) is 0 Å². The van der Waals surface area contributed by atoms with Gasteiger partial charge in [0.2, 0.25) is 0 Å². The molecule has 0 aromatic heterocycles. The van der Waals surface area contributed by atoms with Gasteiger partial charge in [-0.05, 0) is 60.7 Å². The van der Waals surface area contributed by atoms with Gasteiger partial charge in [0.05, 0.1) is 48.3 Å². The number of rotatable bonds is 22. The van der Waals surface area contributed by atoms with E-state index in [1.165, 1.54) is 48.5 Å². The van der Waals surface area contributed by atoms with E-state index in [0.29, 0.717) is 0 Å². The third kappa shape index (κ3) is 13.7. The number of carbonyl (C=O) groups excluding carboxylic acids is 4. The lowest BCUT2D eigenvalue weighted by atomic mass is 10.1. The molecule has 2 amide bonds. The van der Waals surface area contributed by atoms with Crippen molar-refractivity contribution in [2.45, 2.75) is 24.9 Å². The number of hydrogen-bond acceptors (Lipinski definition) is 13. The molecule has 0 radical (unpaired) electrons. The molecule has 4 rings (SSSR count). The Bertz CT molecular complexity index is 2020. The fraction of sp³-hybridized carbons (Fsp3) is 0.200. The lowest BCUT2D eigenvalue weighted by Crippen LogP contribution is -2.42. The highest BCUT2D eigenvalue weighted by Gasteiger charge is 2.27. The predicted molar refractivity (Wildman–Crippen MR) is 200 cm³/mol. The fourth-order valence-corrected chi connectivity index (χ4v) is 4.98. The van der Waals surface area contributed by atoms with Crippen LogP contribution >= 0.6 is 0 Å². The van der Waals surface area contributed by atoms with E-state index in [1.807, 2.05) is 0 Å². The average Bonchev–Trinajstić information content (AvgIpc) is 3.20. The summed E-state index contributed by atoms with van der Waals surface area (Å²) in [7, 11) is 0. The zero-order chi connectivity index (χ0) is 42.9. The molecule has 308 valence electrons. The summed E-state index contributed by atoms with van der Waals surface area (Å²) in [5, 5.41) is 41.3. The number of carboxylic acids is 4. The molecule has 0 spiro atoms. The molecule has 0 bridgehead atoms. The Balaban J connectivity index is 1.41. The SMILES string of the molecule is O=C(O)CC(NC(=O)c1cc(OC(=O)c2ccccc2)ccc1OCCOCCOc1ccc(OC(=O)c2ccccc2)cc1C(=O)N[C@H](CC(=O)O)C(=O)O)C(=O)O. The quantitative estimate of drug-likeness (QED) is 0.0378. The molecule has 0 heterocycles. The first-order valence-corrected chi connectivity index (χ1v) is 17.4. The van der Waals surface area contributed by atoms with E-state index < -0.39 is 72.6 Å². The van der Waals surface area contributed by atoms with Crippen molar-refractivity contribution in [3.8, 4) is 23.0 Å². The molecule has 19 nitrogen and oxygen atoms in total. The molecule has 59 heavy (non-hydrogen) atoms. The highest BCUT2D eigenvalue weighted by atomic mass is 16.6. The van der Waals surface area contributed by atoms with E-state index in [9.17, 15) is 48.6 Å². The first kappa shape index (κ1) is 43.9. The van der Waals surface area contributed by atoms with E-state index in [1.54, 1.807) is 36.4 Å². The van der Waals surface area contributed by atoms with Gasteiger partial charge in [0.25, 0.3) is 11.8 Å².